The number of ether oxygens (including phenoxy) is 1. The summed E-state index contributed by atoms with van der Waals surface area (Å²) in [7, 11) is 1.51. The predicted molar refractivity (Wildman–Crippen MR) is 106 cm³/mol. The zero-order chi connectivity index (χ0) is 20.4. The average molecular weight is 402 g/mol. The number of methoxy groups -OCH3 is 1. The van der Waals surface area contributed by atoms with Crippen molar-refractivity contribution in [2.24, 2.45) is 5.92 Å². The fourth-order valence-corrected chi connectivity index (χ4v) is 4.94. The van der Waals surface area contributed by atoms with E-state index in [4.69, 9.17) is 9.72 Å². The average Bonchev–Trinajstić information content (AvgIpc) is 3.28. The van der Waals surface area contributed by atoms with Crippen molar-refractivity contribution >= 4 is 11.8 Å². The van der Waals surface area contributed by atoms with Gasteiger partial charge in [-0.05, 0) is 32.1 Å². The SMILES string of the molecule is COCC(=O)N1CCCCC1c1nc2c(c(=O)[nH]1)CN(C(=O)C1CCCC1)CC2. The molecule has 29 heavy (non-hydrogen) atoms. The van der Waals surface area contributed by atoms with Crippen LogP contribution >= 0.6 is 0 Å². The molecule has 3 heterocycles. The number of H-pyrrole nitrogens is 1. The van der Waals surface area contributed by atoms with Crippen molar-refractivity contribution in [2.45, 2.75) is 64.0 Å². The number of fused-ring (bicyclic) bond motifs is 1. The number of hydrogen-bond donors (Lipinski definition) is 1. The summed E-state index contributed by atoms with van der Waals surface area (Å²) >= 11 is 0. The molecule has 1 saturated heterocycles. The number of piperidine rings is 1. The summed E-state index contributed by atoms with van der Waals surface area (Å²) in [4.78, 5) is 49.3. The van der Waals surface area contributed by atoms with E-state index in [-0.39, 0.29) is 35.9 Å². The fourth-order valence-electron chi connectivity index (χ4n) is 4.94. The summed E-state index contributed by atoms with van der Waals surface area (Å²) < 4.78 is 5.01. The third-order valence-corrected chi connectivity index (χ3v) is 6.51. The van der Waals surface area contributed by atoms with Gasteiger partial charge in [-0.25, -0.2) is 4.98 Å². The highest BCUT2D eigenvalue weighted by atomic mass is 16.5. The molecule has 1 unspecified atom stereocenters. The number of hydrogen-bond acceptors (Lipinski definition) is 5. The molecule has 2 fully saturated rings. The number of rotatable bonds is 4. The Morgan fingerprint density at radius 1 is 1.14 bits per heavy atom. The summed E-state index contributed by atoms with van der Waals surface area (Å²) in [5.41, 5.74) is 1.18. The molecule has 1 atom stereocenters. The normalized spacial score (nSPS) is 22.6. The zero-order valence-electron chi connectivity index (χ0n) is 17.1. The van der Waals surface area contributed by atoms with Crippen LogP contribution in [0.5, 0.6) is 0 Å². The monoisotopic (exact) mass is 402 g/mol. The summed E-state index contributed by atoms with van der Waals surface area (Å²) in [6.07, 6.45) is 7.46. The fraction of sp³-hybridized carbons (Fsp3) is 0.714. The molecule has 3 aliphatic rings. The van der Waals surface area contributed by atoms with Crippen LogP contribution in [0.1, 0.15) is 68.1 Å². The lowest BCUT2D eigenvalue weighted by molar-refractivity contribution is -0.139. The highest BCUT2D eigenvalue weighted by Crippen LogP contribution is 2.30. The van der Waals surface area contributed by atoms with Crippen LogP contribution in [0.15, 0.2) is 4.79 Å². The molecular formula is C21H30N4O4. The van der Waals surface area contributed by atoms with Gasteiger partial charge in [-0.1, -0.05) is 12.8 Å². The van der Waals surface area contributed by atoms with E-state index in [1.165, 1.54) is 7.11 Å². The molecule has 1 saturated carbocycles. The number of nitrogens with zero attached hydrogens (tertiary/aromatic N) is 3. The second-order valence-electron chi connectivity index (χ2n) is 8.40. The van der Waals surface area contributed by atoms with Gasteiger partial charge in [0.05, 0.1) is 23.8 Å². The molecule has 158 valence electrons. The van der Waals surface area contributed by atoms with E-state index in [1.54, 1.807) is 4.90 Å². The van der Waals surface area contributed by atoms with Gasteiger partial charge in [-0.3, -0.25) is 14.4 Å². The van der Waals surface area contributed by atoms with Crippen LogP contribution in [0.4, 0.5) is 0 Å². The number of aromatic nitrogens is 2. The molecule has 0 aromatic carbocycles. The third-order valence-electron chi connectivity index (χ3n) is 6.51. The molecule has 1 N–H and O–H groups in total. The summed E-state index contributed by atoms with van der Waals surface area (Å²) in [5, 5.41) is 0. The maximum atomic E-state index is 12.9. The second kappa shape index (κ2) is 8.65. The number of carbonyl (C=O) groups is 2. The highest BCUT2D eigenvalue weighted by molar-refractivity contribution is 5.79. The molecule has 0 radical (unpaired) electrons. The molecule has 1 aromatic rings. The summed E-state index contributed by atoms with van der Waals surface area (Å²) in [5.74, 6) is 0.782. The Hall–Kier alpha value is -2.22. The molecule has 2 amide bonds. The smallest absolute Gasteiger partial charge is 0.256 e. The van der Waals surface area contributed by atoms with Crippen molar-refractivity contribution in [3.63, 3.8) is 0 Å². The third kappa shape index (κ3) is 4.08. The van der Waals surface area contributed by atoms with Crippen molar-refractivity contribution < 1.29 is 14.3 Å². The van der Waals surface area contributed by atoms with Crippen LogP contribution in [0, 0.1) is 5.92 Å². The first-order valence-electron chi connectivity index (χ1n) is 10.8. The van der Waals surface area contributed by atoms with E-state index in [0.717, 1.165) is 50.6 Å². The molecule has 4 rings (SSSR count). The van der Waals surface area contributed by atoms with Crippen LogP contribution in [-0.2, 0) is 27.3 Å². The van der Waals surface area contributed by atoms with Gasteiger partial charge in [0.1, 0.15) is 12.4 Å². The van der Waals surface area contributed by atoms with Crippen molar-refractivity contribution in [2.75, 3.05) is 26.8 Å². The second-order valence-corrected chi connectivity index (χ2v) is 8.40. The van der Waals surface area contributed by atoms with Gasteiger partial charge in [0, 0.05) is 32.5 Å². The van der Waals surface area contributed by atoms with Crippen LogP contribution in [0.3, 0.4) is 0 Å². The Balaban J connectivity index is 1.55. The van der Waals surface area contributed by atoms with Gasteiger partial charge in [0.15, 0.2) is 0 Å². The number of likely N-dealkylation sites (tertiary alicyclic amines) is 1. The van der Waals surface area contributed by atoms with Crippen molar-refractivity contribution in [1.29, 1.82) is 0 Å². The maximum Gasteiger partial charge on any atom is 0.256 e. The van der Waals surface area contributed by atoms with E-state index >= 15 is 0 Å². The number of carbonyl (C=O) groups excluding carboxylic acids is 2. The number of amides is 2. The Labute approximate surface area is 170 Å². The van der Waals surface area contributed by atoms with Crippen LogP contribution in [0.25, 0.3) is 0 Å². The van der Waals surface area contributed by atoms with E-state index < -0.39 is 0 Å². The lowest BCUT2D eigenvalue weighted by Gasteiger charge is -2.36. The van der Waals surface area contributed by atoms with Gasteiger partial charge in [-0.2, -0.15) is 0 Å². The van der Waals surface area contributed by atoms with Gasteiger partial charge < -0.3 is 19.5 Å². The Morgan fingerprint density at radius 2 is 1.90 bits per heavy atom. The first-order valence-corrected chi connectivity index (χ1v) is 10.8. The minimum Gasteiger partial charge on any atom is -0.375 e. The lowest BCUT2D eigenvalue weighted by Crippen LogP contribution is -2.44. The zero-order valence-corrected chi connectivity index (χ0v) is 17.1. The van der Waals surface area contributed by atoms with Gasteiger partial charge in [0.2, 0.25) is 11.8 Å². The van der Waals surface area contributed by atoms with Crippen LogP contribution < -0.4 is 5.56 Å². The first kappa shape index (κ1) is 20.1. The topological polar surface area (TPSA) is 95.6 Å². The highest BCUT2D eigenvalue weighted by Gasteiger charge is 2.33. The van der Waals surface area contributed by atoms with Crippen molar-refractivity contribution in [3.05, 3.63) is 27.4 Å². The van der Waals surface area contributed by atoms with E-state index in [1.807, 2.05) is 4.90 Å². The Morgan fingerprint density at radius 3 is 2.66 bits per heavy atom. The minimum atomic E-state index is -0.220. The molecular weight excluding hydrogens is 372 g/mol. The van der Waals surface area contributed by atoms with Crippen molar-refractivity contribution in [3.8, 4) is 0 Å². The molecule has 2 aliphatic heterocycles. The molecule has 8 nitrogen and oxygen atoms in total. The maximum absolute atomic E-state index is 12.9. The Kier molecular flexibility index (Phi) is 5.99. The predicted octanol–water partition coefficient (Wildman–Crippen LogP) is 1.54. The summed E-state index contributed by atoms with van der Waals surface area (Å²) in [6.45, 7) is 1.63. The number of nitrogens with one attached hydrogen (secondary N) is 1. The lowest BCUT2D eigenvalue weighted by atomic mass is 9.99. The molecule has 0 spiro atoms. The van der Waals surface area contributed by atoms with Crippen LogP contribution in [0.2, 0.25) is 0 Å². The molecule has 0 bridgehead atoms. The number of aromatic amines is 1. The Bertz CT molecular complexity index is 830. The molecule has 1 aliphatic carbocycles. The van der Waals surface area contributed by atoms with Gasteiger partial charge in [0.25, 0.3) is 5.56 Å². The minimum absolute atomic E-state index is 0.0317. The van der Waals surface area contributed by atoms with Gasteiger partial charge in [-0.15, -0.1) is 0 Å². The van der Waals surface area contributed by atoms with E-state index in [2.05, 4.69) is 4.98 Å². The molecule has 1 aromatic heterocycles. The van der Waals surface area contributed by atoms with E-state index in [9.17, 15) is 14.4 Å². The summed E-state index contributed by atoms with van der Waals surface area (Å²) in [6, 6.07) is -0.220. The van der Waals surface area contributed by atoms with E-state index in [0.29, 0.717) is 37.4 Å². The largest absolute Gasteiger partial charge is 0.375 e. The van der Waals surface area contributed by atoms with Crippen molar-refractivity contribution in [1.82, 2.24) is 19.8 Å². The molecule has 8 heteroatoms. The van der Waals surface area contributed by atoms with Crippen LogP contribution in [-0.4, -0.2) is 58.4 Å². The quantitative estimate of drug-likeness (QED) is 0.824. The van der Waals surface area contributed by atoms with Gasteiger partial charge >= 0.3 is 0 Å². The first-order chi connectivity index (χ1) is 14.1. The standard InChI is InChI=1S/C21H30N4O4/c1-29-13-18(26)25-10-5-4-8-17(25)19-22-16-9-11-24(12-15(16)20(27)23-19)21(28)14-6-2-3-7-14/h14,17H,2-13H2,1H3,(H,22,23,27).